The van der Waals surface area contributed by atoms with Crippen molar-refractivity contribution in [1.29, 1.82) is 0 Å². The average molecular weight is 355 g/mol. The van der Waals surface area contributed by atoms with E-state index in [1.807, 2.05) is 0 Å². The van der Waals surface area contributed by atoms with Gasteiger partial charge >= 0.3 is 5.97 Å². The van der Waals surface area contributed by atoms with E-state index in [9.17, 15) is 14.0 Å². The first-order valence-corrected chi connectivity index (χ1v) is 8.44. The zero-order valence-corrected chi connectivity index (χ0v) is 13.9. The first-order valence-electron chi connectivity index (χ1n) is 6.64. The van der Waals surface area contributed by atoms with Gasteiger partial charge in [-0.2, -0.15) is 0 Å². The molecule has 1 aromatic heterocycles. The maximum Gasteiger partial charge on any atom is 0.316 e. The van der Waals surface area contributed by atoms with Gasteiger partial charge in [0.05, 0.1) is 12.9 Å². The summed E-state index contributed by atoms with van der Waals surface area (Å²) < 4.78 is 17.9. The van der Waals surface area contributed by atoms with Crippen LogP contribution < -0.4 is 5.32 Å². The van der Waals surface area contributed by atoms with Crippen molar-refractivity contribution in [2.24, 2.45) is 0 Å². The Hall–Kier alpha value is -2.00. The summed E-state index contributed by atoms with van der Waals surface area (Å²) in [6.07, 6.45) is 0.769. The third kappa shape index (κ3) is 5.95. The molecule has 0 fully saturated rings. The van der Waals surface area contributed by atoms with Gasteiger partial charge in [-0.3, -0.25) is 9.59 Å². The molecule has 2 aromatic rings. The lowest BCUT2D eigenvalue weighted by Crippen LogP contribution is -2.12. The fourth-order valence-electron chi connectivity index (χ4n) is 1.59. The van der Waals surface area contributed by atoms with Crippen LogP contribution in [-0.2, 0) is 20.7 Å². The molecule has 0 spiro atoms. The average Bonchev–Trinajstić information content (AvgIpc) is 2.99. The highest BCUT2D eigenvalue weighted by Gasteiger charge is 2.10. The van der Waals surface area contributed by atoms with Crippen LogP contribution in [-0.4, -0.2) is 34.9 Å². The van der Waals surface area contributed by atoms with E-state index in [0.29, 0.717) is 15.9 Å². The molecule has 0 saturated carbocycles. The van der Waals surface area contributed by atoms with Gasteiger partial charge in [0.1, 0.15) is 5.82 Å². The fraction of sp³-hybridized carbons (Fsp3) is 0.286. The number of aromatic nitrogens is 2. The van der Waals surface area contributed by atoms with Crippen molar-refractivity contribution in [3.63, 3.8) is 0 Å². The summed E-state index contributed by atoms with van der Waals surface area (Å²) in [5.74, 6) is -0.710. The summed E-state index contributed by atoms with van der Waals surface area (Å²) in [5.41, 5.74) is 0.883. The molecule has 0 aliphatic rings. The van der Waals surface area contributed by atoms with Crippen LogP contribution >= 0.6 is 23.1 Å². The summed E-state index contributed by atoms with van der Waals surface area (Å²) in [7, 11) is 1.32. The lowest BCUT2D eigenvalue weighted by Gasteiger charge is -2.01. The van der Waals surface area contributed by atoms with E-state index in [4.69, 9.17) is 0 Å². The SMILES string of the molecule is COC(=O)CSc1nnc(NC(=O)CCc2ccc(F)cc2)s1. The normalized spacial score (nSPS) is 10.3. The van der Waals surface area contributed by atoms with E-state index in [1.54, 1.807) is 12.1 Å². The van der Waals surface area contributed by atoms with E-state index < -0.39 is 0 Å². The number of halogens is 1. The second-order valence-electron chi connectivity index (χ2n) is 4.41. The Balaban J connectivity index is 1.77. The maximum absolute atomic E-state index is 12.8. The predicted octanol–water partition coefficient (Wildman–Crippen LogP) is 2.51. The second kappa shape index (κ2) is 8.59. The fourth-order valence-corrected chi connectivity index (χ4v) is 3.19. The van der Waals surface area contributed by atoms with Crippen LogP contribution in [0, 0.1) is 5.82 Å². The zero-order valence-electron chi connectivity index (χ0n) is 12.2. The molecule has 0 atom stereocenters. The zero-order chi connectivity index (χ0) is 16.7. The number of methoxy groups -OCH3 is 1. The molecular weight excluding hydrogens is 341 g/mol. The van der Waals surface area contributed by atoms with Crippen LogP contribution in [0.1, 0.15) is 12.0 Å². The van der Waals surface area contributed by atoms with Crippen LogP contribution in [0.25, 0.3) is 0 Å². The van der Waals surface area contributed by atoms with Crippen LogP contribution in [0.3, 0.4) is 0 Å². The number of hydrogen-bond acceptors (Lipinski definition) is 7. The molecule has 0 bridgehead atoms. The Bertz CT molecular complexity index is 676. The Kier molecular flexibility index (Phi) is 6.48. The molecule has 122 valence electrons. The quantitative estimate of drug-likeness (QED) is 0.467. The first kappa shape index (κ1) is 17.4. The highest BCUT2D eigenvalue weighted by molar-refractivity contribution is 8.01. The number of rotatable bonds is 7. The number of esters is 1. The molecule has 1 N–H and O–H groups in total. The van der Waals surface area contributed by atoms with Crippen molar-refractivity contribution in [2.45, 2.75) is 17.2 Å². The van der Waals surface area contributed by atoms with Crippen LogP contribution in [0.2, 0.25) is 0 Å². The van der Waals surface area contributed by atoms with Crippen molar-refractivity contribution in [3.05, 3.63) is 35.6 Å². The lowest BCUT2D eigenvalue weighted by atomic mass is 10.1. The van der Waals surface area contributed by atoms with Gasteiger partial charge in [0.15, 0.2) is 4.34 Å². The maximum atomic E-state index is 12.8. The molecule has 1 aromatic carbocycles. The summed E-state index contributed by atoms with van der Waals surface area (Å²) in [4.78, 5) is 22.9. The number of ether oxygens (including phenoxy) is 1. The lowest BCUT2D eigenvalue weighted by molar-refractivity contribution is -0.137. The molecule has 2 rings (SSSR count). The van der Waals surface area contributed by atoms with Gasteiger partial charge in [0.25, 0.3) is 0 Å². The third-order valence-corrected chi connectivity index (χ3v) is 4.69. The summed E-state index contributed by atoms with van der Waals surface area (Å²) in [6.45, 7) is 0. The smallest absolute Gasteiger partial charge is 0.316 e. The standard InChI is InChI=1S/C14H14FN3O3S2/c1-21-12(20)8-22-14-18-17-13(23-14)16-11(19)7-4-9-2-5-10(15)6-3-9/h2-3,5-6H,4,7-8H2,1H3,(H,16,17,19). The van der Waals surface area contributed by atoms with E-state index >= 15 is 0 Å². The van der Waals surface area contributed by atoms with Gasteiger partial charge < -0.3 is 10.1 Å². The van der Waals surface area contributed by atoms with E-state index in [2.05, 4.69) is 20.3 Å². The van der Waals surface area contributed by atoms with Crippen LogP contribution in [0.15, 0.2) is 28.6 Å². The van der Waals surface area contributed by atoms with Gasteiger partial charge in [-0.15, -0.1) is 10.2 Å². The number of carbonyl (C=O) groups excluding carboxylic acids is 2. The second-order valence-corrected chi connectivity index (χ2v) is 6.61. The van der Waals surface area contributed by atoms with Crippen molar-refractivity contribution in [1.82, 2.24) is 10.2 Å². The Labute approximate surface area is 140 Å². The summed E-state index contributed by atoms with van der Waals surface area (Å²) in [5, 5.41) is 10.7. The van der Waals surface area contributed by atoms with Crippen molar-refractivity contribution in [3.8, 4) is 0 Å². The minimum Gasteiger partial charge on any atom is -0.468 e. The highest BCUT2D eigenvalue weighted by Crippen LogP contribution is 2.25. The molecule has 1 heterocycles. The van der Waals surface area contributed by atoms with E-state index in [0.717, 1.165) is 5.56 Å². The molecule has 6 nitrogen and oxygen atoms in total. The predicted molar refractivity (Wildman–Crippen MR) is 86.0 cm³/mol. The molecule has 0 unspecified atom stereocenters. The number of carbonyl (C=O) groups is 2. The van der Waals surface area contributed by atoms with Crippen molar-refractivity contribution in [2.75, 3.05) is 18.2 Å². The van der Waals surface area contributed by atoms with Gasteiger partial charge in [-0.1, -0.05) is 35.2 Å². The molecule has 9 heteroatoms. The Morgan fingerprint density at radius 1 is 1.30 bits per heavy atom. The van der Waals surface area contributed by atoms with Gasteiger partial charge in [0, 0.05) is 6.42 Å². The van der Waals surface area contributed by atoms with Gasteiger partial charge in [-0.05, 0) is 24.1 Å². The number of anilines is 1. The van der Waals surface area contributed by atoms with Gasteiger partial charge in [0.2, 0.25) is 11.0 Å². The Morgan fingerprint density at radius 2 is 2.04 bits per heavy atom. The van der Waals surface area contributed by atoms with Gasteiger partial charge in [-0.25, -0.2) is 4.39 Å². The number of benzene rings is 1. The number of hydrogen-bond donors (Lipinski definition) is 1. The van der Waals surface area contributed by atoms with E-state index in [1.165, 1.54) is 42.3 Å². The van der Waals surface area contributed by atoms with E-state index in [-0.39, 0.29) is 29.9 Å². The summed E-state index contributed by atoms with van der Waals surface area (Å²) in [6, 6.07) is 6.02. The molecular formula is C14H14FN3O3S2. The van der Waals surface area contributed by atoms with Crippen LogP contribution in [0.4, 0.5) is 9.52 Å². The molecule has 0 saturated heterocycles. The Morgan fingerprint density at radius 3 is 2.74 bits per heavy atom. The number of aryl methyl sites for hydroxylation is 1. The largest absolute Gasteiger partial charge is 0.468 e. The highest BCUT2D eigenvalue weighted by atomic mass is 32.2. The summed E-state index contributed by atoms with van der Waals surface area (Å²) >= 11 is 2.38. The third-order valence-electron chi connectivity index (χ3n) is 2.75. The first-order chi connectivity index (χ1) is 11.1. The molecule has 23 heavy (non-hydrogen) atoms. The monoisotopic (exact) mass is 355 g/mol. The van der Waals surface area contributed by atoms with Crippen molar-refractivity contribution >= 4 is 40.1 Å². The molecule has 0 radical (unpaired) electrons. The minimum absolute atomic E-state index is 0.143. The minimum atomic E-state index is -0.352. The molecule has 0 aliphatic carbocycles. The van der Waals surface area contributed by atoms with Crippen molar-refractivity contribution < 1.29 is 18.7 Å². The number of nitrogens with one attached hydrogen (secondary N) is 1. The molecule has 1 amide bonds. The number of amides is 1. The topological polar surface area (TPSA) is 81.2 Å². The molecule has 0 aliphatic heterocycles. The number of thioether (sulfide) groups is 1. The number of nitrogens with zero attached hydrogens (tertiary/aromatic N) is 2. The van der Waals surface area contributed by atoms with Crippen LogP contribution in [0.5, 0.6) is 0 Å².